The average molecular weight is 265 g/mol. The average Bonchev–Trinajstić information content (AvgIpc) is 2.03. The molecule has 13 heavy (non-hydrogen) atoms. The number of hydrogen-bond acceptors (Lipinski definition) is 3. The van der Waals surface area contributed by atoms with Crippen molar-refractivity contribution in [1.29, 1.82) is 0 Å². The number of halogens is 2. The molecular formula is C7H7BBrClO3. The summed E-state index contributed by atoms with van der Waals surface area (Å²) in [5.74, 6) is 0.410. The Bertz CT molecular complexity index is 319. The van der Waals surface area contributed by atoms with Crippen molar-refractivity contribution >= 4 is 40.1 Å². The van der Waals surface area contributed by atoms with E-state index in [1.165, 1.54) is 13.2 Å². The molecule has 2 N–H and O–H groups in total. The molecule has 0 fully saturated rings. The summed E-state index contributed by atoms with van der Waals surface area (Å²) in [6.45, 7) is 0. The van der Waals surface area contributed by atoms with Gasteiger partial charge in [0.25, 0.3) is 0 Å². The molecule has 0 spiro atoms. The highest BCUT2D eigenvalue weighted by molar-refractivity contribution is 9.10. The Morgan fingerprint density at radius 1 is 1.46 bits per heavy atom. The fraction of sp³-hybridized carbons (Fsp3) is 0.143. The van der Waals surface area contributed by atoms with Crippen LogP contribution in [0, 0.1) is 0 Å². The molecule has 0 aromatic heterocycles. The van der Waals surface area contributed by atoms with Crippen molar-refractivity contribution in [3.8, 4) is 5.75 Å². The predicted molar refractivity (Wildman–Crippen MR) is 55.5 cm³/mol. The molecule has 0 heterocycles. The van der Waals surface area contributed by atoms with Crippen molar-refractivity contribution in [3.05, 3.63) is 21.6 Å². The molecule has 6 heteroatoms. The molecule has 3 nitrogen and oxygen atoms in total. The lowest BCUT2D eigenvalue weighted by Gasteiger charge is -2.07. The van der Waals surface area contributed by atoms with Crippen LogP contribution < -0.4 is 10.2 Å². The number of rotatable bonds is 2. The first-order valence-corrected chi connectivity index (χ1v) is 4.62. The van der Waals surface area contributed by atoms with Crippen LogP contribution in [-0.4, -0.2) is 24.3 Å². The van der Waals surface area contributed by atoms with Crippen LogP contribution >= 0.6 is 27.5 Å². The van der Waals surface area contributed by atoms with E-state index < -0.39 is 7.12 Å². The standard InChI is InChI=1S/C7H7BBrClO3/c1-13-7-2-4(8(11)12)5(9)3-6(7)10/h2-3,11-12H,1H3. The lowest BCUT2D eigenvalue weighted by atomic mass is 9.80. The van der Waals surface area contributed by atoms with Gasteiger partial charge in [0.1, 0.15) is 5.75 Å². The summed E-state index contributed by atoms with van der Waals surface area (Å²) in [5.41, 5.74) is 0.321. The third-order valence-corrected chi connectivity index (χ3v) is 2.53. The Labute approximate surface area is 89.6 Å². The Hall–Kier alpha value is -0.225. The largest absolute Gasteiger partial charge is 0.495 e. The monoisotopic (exact) mass is 264 g/mol. The van der Waals surface area contributed by atoms with E-state index in [1.807, 2.05) is 0 Å². The van der Waals surface area contributed by atoms with Crippen molar-refractivity contribution in [2.75, 3.05) is 7.11 Å². The van der Waals surface area contributed by atoms with Crippen molar-refractivity contribution in [2.24, 2.45) is 0 Å². The van der Waals surface area contributed by atoms with Gasteiger partial charge in [0.15, 0.2) is 0 Å². The summed E-state index contributed by atoms with van der Waals surface area (Å²) in [6.07, 6.45) is 0. The predicted octanol–water partition coefficient (Wildman–Crippen LogP) is 0.791. The highest BCUT2D eigenvalue weighted by atomic mass is 79.9. The smallest absolute Gasteiger partial charge is 0.489 e. The summed E-state index contributed by atoms with van der Waals surface area (Å²) >= 11 is 8.94. The van der Waals surface area contributed by atoms with Crippen LogP contribution in [0.1, 0.15) is 0 Å². The molecule has 0 aliphatic heterocycles. The molecule has 1 rings (SSSR count). The molecule has 0 unspecified atom stereocenters. The van der Waals surface area contributed by atoms with E-state index >= 15 is 0 Å². The first kappa shape index (κ1) is 10.9. The van der Waals surface area contributed by atoms with Gasteiger partial charge in [-0.05, 0) is 12.1 Å². The number of benzene rings is 1. The van der Waals surface area contributed by atoms with Crippen LogP contribution in [-0.2, 0) is 0 Å². The summed E-state index contributed by atoms with van der Waals surface area (Å²) in [6, 6.07) is 3.02. The van der Waals surface area contributed by atoms with E-state index in [9.17, 15) is 0 Å². The third-order valence-electron chi connectivity index (χ3n) is 1.55. The summed E-state index contributed by atoms with van der Waals surface area (Å²) in [4.78, 5) is 0. The second kappa shape index (κ2) is 4.33. The molecule has 0 saturated carbocycles. The van der Waals surface area contributed by atoms with Crippen LogP contribution in [0.3, 0.4) is 0 Å². The van der Waals surface area contributed by atoms with E-state index in [0.717, 1.165) is 0 Å². The van der Waals surface area contributed by atoms with Crippen LogP contribution in [0.25, 0.3) is 0 Å². The van der Waals surface area contributed by atoms with Crippen LogP contribution in [0.15, 0.2) is 16.6 Å². The number of methoxy groups -OCH3 is 1. The van der Waals surface area contributed by atoms with Crippen molar-refractivity contribution in [2.45, 2.75) is 0 Å². The van der Waals surface area contributed by atoms with E-state index in [4.69, 9.17) is 26.4 Å². The maximum atomic E-state index is 8.94. The SMILES string of the molecule is COc1cc(B(O)O)c(Br)cc1Cl. The summed E-state index contributed by atoms with van der Waals surface area (Å²) < 4.78 is 5.45. The van der Waals surface area contributed by atoms with Gasteiger partial charge in [-0.15, -0.1) is 0 Å². The zero-order chi connectivity index (χ0) is 10.0. The van der Waals surface area contributed by atoms with Crippen molar-refractivity contribution in [1.82, 2.24) is 0 Å². The zero-order valence-electron chi connectivity index (χ0n) is 6.79. The van der Waals surface area contributed by atoms with Crippen LogP contribution in [0.4, 0.5) is 0 Å². The minimum absolute atomic E-state index is 0.321. The van der Waals surface area contributed by atoms with Gasteiger partial charge < -0.3 is 14.8 Å². The first-order chi connectivity index (χ1) is 6.06. The molecule has 0 aliphatic rings. The Morgan fingerprint density at radius 3 is 2.54 bits per heavy atom. The van der Waals surface area contributed by atoms with Crippen LogP contribution in [0.5, 0.6) is 5.75 Å². The lowest BCUT2D eigenvalue weighted by Crippen LogP contribution is -2.31. The molecule has 1 aromatic rings. The molecule has 0 amide bonds. The van der Waals surface area contributed by atoms with E-state index in [-0.39, 0.29) is 0 Å². The first-order valence-electron chi connectivity index (χ1n) is 3.45. The van der Waals surface area contributed by atoms with Gasteiger partial charge in [-0.2, -0.15) is 0 Å². The molecule has 0 atom stereocenters. The zero-order valence-corrected chi connectivity index (χ0v) is 9.13. The van der Waals surface area contributed by atoms with Gasteiger partial charge in [-0.1, -0.05) is 27.5 Å². The van der Waals surface area contributed by atoms with Gasteiger partial charge >= 0.3 is 7.12 Å². The van der Waals surface area contributed by atoms with E-state index in [0.29, 0.717) is 20.7 Å². The Balaban J connectivity index is 3.22. The topological polar surface area (TPSA) is 49.7 Å². The number of ether oxygens (including phenoxy) is 1. The van der Waals surface area contributed by atoms with Gasteiger partial charge in [-0.25, -0.2) is 0 Å². The normalized spacial score (nSPS) is 9.92. The summed E-state index contributed by atoms with van der Waals surface area (Å²) in [5, 5.41) is 18.3. The Kier molecular flexibility index (Phi) is 3.61. The highest BCUT2D eigenvalue weighted by Gasteiger charge is 2.17. The summed E-state index contributed by atoms with van der Waals surface area (Å²) in [7, 11) is -0.0802. The van der Waals surface area contributed by atoms with Crippen molar-refractivity contribution < 1.29 is 14.8 Å². The molecule has 0 bridgehead atoms. The highest BCUT2D eigenvalue weighted by Crippen LogP contribution is 2.26. The molecular weight excluding hydrogens is 258 g/mol. The fourth-order valence-electron chi connectivity index (χ4n) is 0.899. The maximum absolute atomic E-state index is 8.94. The van der Waals surface area contributed by atoms with E-state index in [1.54, 1.807) is 6.07 Å². The van der Waals surface area contributed by atoms with Gasteiger partial charge in [0.2, 0.25) is 0 Å². The minimum Gasteiger partial charge on any atom is -0.495 e. The maximum Gasteiger partial charge on any atom is 0.489 e. The molecule has 0 radical (unpaired) electrons. The minimum atomic E-state index is -1.54. The second-order valence-electron chi connectivity index (χ2n) is 2.38. The third kappa shape index (κ3) is 2.37. The van der Waals surface area contributed by atoms with Gasteiger partial charge in [-0.3, -0.25) is 0 Å². The van der Waals surface area contributed by atoms with E-state index in [2.05, 4.69) is 15.9 Å². The van der Waals surface area contributed by atoms with Crippen LogP contribution in [0.2, 0.25) is 5.02 Å². The number of hydrogen-bond donors (Lipinski definition) is 2. The van der Waals surface area contributed by atoms with Gasteiger partial charge in [0, 0.05) is 9.94 Å². The Morgan fingerprint density at radius 2 is 2.08 bits per heavy atom. The molecule has 70 valence electrons. The fourth-order valence-corrected chi connectivity index (χ4v) is 1.82. The quantitative estimate of drug-likeness (QED) is 0.777. The lowest BCUT2D eigenvalue weighted by molar-refractivity contribution is 0.412. The van der Waals surface area contributed by atoms with Crippen molar-refractivity contribution in [3.63, 3.8) is 0 Å². The molecule has 1 aromatic carbocycles. The molecule has 0 aliphatic carbocycles. The van der Waals surface area contributed by atoms with Gasteiger partial charge in [0.05, 0.1) is 12.1 Å². The second-order valence-corrected chi connectivity index (χ2v) is 3.64. The molecule has 0 saturated heterocycles.